The maximum absolute atomic E-state index is 11.3. The first kappa shape index (κ1) is 7.92. The molecule has 0 N–H and O–H groups in total. The number of aromatic nitrogens is 1. The van der Waals surface area contributed by atoms with Gasteiger partial charge in [0.15, 0.2) is 0 Å². The highest BCUT2D eigenvalue weighted by atomic mass is 32.1. The predicted octanol–water partition coefficient (Wildman–Crippen LogP) is 2.07. The molecule has 1 aromatic heterocycles. The van der Waals surface area contributed by atoms with E-state index in [9.17, 15) is 4.79 Å². The van der Waals surface area contributed by atoms with Crippen LogP contribution in [-0.4, -0.2) is 10.8 Å². The van der Waals surface area contributed by atoms with E-state index in [0.717, 1.165) is 23.5 Å². The Labute approximate surface area is 75.6 Å². The van der Waals surface area contributed by atoms with Crippen LogP contribution in [0.1, 0.15) is 30.5 Å². The van der Waals surface area contributed by atoms with Gasteiger partial charge in [-0.3, -0.25) is 4.79 Å². The van der Waals surface area contributed by atoms with Crippen LogP contribution < -0.4 is 0 Å². The Kier molecular flexibility index (Phi) is 1.58. The molecule has 0 amide bonds. The molecule has 1 aliphatic rings. The fraction of sp³-hybridized carbons (Fsp3) is 0.556. The third kappa shape index (κ3) is 1.00. The third-order valence-electron chi connectivity index (χ3n) is 2.53. The van der Waals surface area contributed by atoms with Crippen molar-refractivity contribution in [2.24, 2.45) is 0 Å². The van der Waals surface area contributed by atoms with Crippen molar-refractivity contribution in [2.75, 3.05) is 0 Å². The van der Waals surface area contributed by atoms with E-state index >= 15 is 0 Å². The molecule has 1 saturated carbocycles. The first-order chi connectivity index (χ1) is 5.65. The molecule has 64 valence electrons. The van der Waals surface area contributed by atoms with Gasteiger partial charge < -0.3 is 0 Å². The molecule has 2 rings (SSSR count). The number of aryl methyl sites for hydroxylation is 1. The van der Waals surface area contributed by atoms with Crippen molar-refractivity contribution >= 4 is 17.1 Å². The summed E-state index contributed by atoms with van der Waals surface area (Å²) < 4.78 is 0. The quantitative estimate of drug-likeness (QED) is 0.699. The minimum atomic E-state index is -0.176. The van der Waals surface area contributed by atoms with Gasteiger partial charge in [0, 0.05) is 5.38 Å². The van der Waals surface area contributed by atoms with Crippen LogP contribution in [0.4, 0.5) is 0 Å². The highest BCUT2D eigenvalue weighted by molar-refractivity contribution is 7.09. The lowest BCUT2D eigenvalue weighted by Crippen LogP contribution is -2.17. The summed E-state index contributed by atoms with van der Waals surface area (Å²) in [5, 5.41) is 3.07. The van der Waals surface area contributed by atoms with E-state index in [0.29, 0.717) is 0 Å². The number of Topliss-reactive ketones (excluding diaryl/α,β-unsaturated/α-hetero) is 1. The highest BCUT2D eigenvalue weighted by Gasteiger charge is 2.50. The van der Waals surface area contributed by atoms with Gasteiger partial charge in [-0.1, -0.05) is 0 Å². The molecule has 0 radical (unpaired) electrons. The summed E-state index contributed by atoms with van der Waals surface area (Å²) in [6.45, 7) is 3.64. The molecule has 2 nitrogen and oxygen atoms in total. The molecule has 0 spiro atoms. The van der Waals surface area contributed by atoms with Crippen molar-refractivity contribution in [3.63, 3.8) is 0 Å². The largest absolute Gasteiger partial charge is 0.299 e. The van der Waals surface area contributed by atoms with Gasteiger partial charge in [0.1, 0.15) is 5.78 Å². The number of nitrogens with zero attached hydrogens (tertiary/aromatic N) is 1. The number of thiazole rings is 1. The molecule has 1 aromatic rings. The predicted molar refractivity (Wildman–Crippen MR) is 48.4 cm³/mol. The van der Waals surface area contributed by atoms with Gasteiger partial charge in [0.2, 0.25) is 0 Å². The van der Waals surface area contributed by atoms with Crippen LogP contribution in [-0.2, 0) is 10.2 Å². The fourth-order valence-electron chi connectivity index (χ4n) is 1.50. The molecule has 1 aliphatic carbocycles. The summed E-state index contributed by atoms with van der Waals surface area (Å²) in [5.74, 6) is 0.271. The summed E-state index contributed by atoms with van der Waals surface area (Å²) in [5.41, 5.74) is 0.822. The minimum absolute atomic E-state index is 0.176. The molecule has 1 heterocycles. The number of rotatable bonds is 2. The van der Waals surface area contributed by atoms with Crippen molar-refractivity contribution in [1.82, 2.24) is 4.98 Å². The van der Waals surface area contributed by atoms with Gasteiger partial charge >= 0.3 is 0 Å². The molecule has 3 heteroatoms. The monoisotopic (exact) mass is 181 g/mol. The van der Waals surface area contributed by atoms with E-state index in [1.54, 1.807) is 18.3 Å². The second kappa shape index (κ2) is 2.39. The summed E-state index contributed by atoms with van der Waals surface area (Å²) >= 11 is 1.63. The molecule has 1 fully saturated rings. The first-order valence-electron chi connectivity index (χ1n) is 4.09. The number of carbonyl (C=O) groups excluding carboxylic acids is 1. The van der Waals surface area contributed by atoms with Crippen LogP contribution in [0.2, 0.25) is 0 Å². The maximum Gasteiger partial charge on any atom is 0.141 e. The topological polar surface area (TPSA) is 30.0 Å². The second-order valence-electron chi connectivity index (χ2n) is 3.39. The Hall–Kier alpha value is -0.700. The maximum atomic E-state index is 11.3. The minimum Gasteiger partial charge on any atom is -0.299 e. The van der Waals surface area contributed by atoms with Crippen molar-refractivity contribution in [3.8, 4) is 0 Å². The van der Waals surface area contributed by atoms with Crippen molar-refractivity contribution in [1.29, 1.82) is 0 Å². The van der Waals surface area contributed by atoms with E-state index in [4.69, 9.17) is 0 Å². The van der Waals surface area contributed by atoms with Gasteiger partial charge in [0.05, 0.1) is 16.1 Å². The zero-order valence-corrected chi connectivity index (χ0v) is 8.07. The van der Waals surface area contributed by atoms with Gasteiger partial charge in [-0.05, 0) is 26.7 Å². The number of hydrogen-bond donors (Lipinski definition) is 0. The van der Waals surface area contributed by atoms with Gasteiger partial charge in [-0.15, -0.1) is 11.3 Å². The summed E-state index contributed by atoms with van der Waals surface area (Å²) in [6.07, 6.45) is 1.98. The van der Waals surface area contributed by atoms with E-state index < -0.39 is 0 Å². The average Bonchev–Trinajstić information content (AvgIpc) is 2.71. The normalized spacial score (nSPS) is 19.2. The Morgan fingerprint density at radius 3 is 2.67 bits per heavy atom. The molecular weight excluding hydrogens is 170 g/mol. The highest BCUT2D eigenvalue weighted by Crippen LogP contribution is 2.48. The van der Waals surface area contributed by atoms with E-state index in [1.807, 2.05) is 12.3 Å². The standard InChI is InChI=1S/C9H11NOS/c1-6(11)9(3-4-9)8-5-12-7(2)10-8/h5H,3-4H2,1-2H3. The van der Waals surface area contributed by atoms with Gasteiger partial charge in [-0.2, -0.15) is 0 Å². The lowest BCUT2D eigenvalue weighted by Gasteiger charge is -2.05. The zero-order valence-electron chi connectivity index (χ0n) is 7.26. The Balaban J connectivity index is 2.36. The SMILES string of the molecule is CC(=O)C1(c2csc(C)n2)CC1. The Morgan fingerprint density at radius 1 is 1.67 bits per heavy atom. The number of carbonyl (C=O) groups is 1. The van der Waals surface area contributed by atoms with Crippen LogP contribution in [0.3, 0.4) is 0 Å². The molecule has 12 heavy (non-hydrogen) atoms. The van der Waals surface area contributed by atoms with Gasteiger partial charge in [-0.25, -0.2) is 4.98 Å². The lowest BCUT2D eigenvalue weighted by atomic mass is 9.99. The molecule has 0 atom stereocenters. The molecule has 0 saturated heterocycles. The average molecular weight is 181 g/mol. The van der Waals surface area contributed by atoms with E-state index in [2.05, 4.69) is 4.98 Å². The summed E-state index contributed by atoms with van der Waals surface area (Å²) in [6, 6.07) is 0. The third-order valence-corrected chi connectivity index (χ3v) is 3.31. The molecular formula is C9H11NOS. The summed E-state index contributed by atoms with van der Waals surface area (Å²) in [4.78, 5) is 15.7. The molecule has 0 aliphatic heterocycles. The zero-order chi connectivity index (χ0) is 8.77. The van der Waals surface area contributed by atoms with Crippen LogP contribution >= 0.6 is 11.3 Å². The summed E-state index contributed by atoms with van der Waals surface area (Å²) in [7, 11) is 0. The Morgan fingerprint density at radius 2 is 2.33 bits per heavy atom. The van der Waals surface area contributed by atoms with Crippen LogP contribution in [0.5, 0.6) is 0 Å². The smallest absolute Gasteiger partial charge is 0.141 e. The number of ketones is 1. The van der Waals surface area contributed by atoms with Crippen LogP contribution in [0.15, 0.2) is 5.38 Å². The number of hydrogen-bond acceptors (Lipinski definition) is 3. The van der Waals surface area contributed by atoms with Crippen molar-refractivity contribution < 1.29 is 4.79 Å². The van der Waals surface area contributed by atoms with Crippen molar-refractivity contribution in [3.05, 3.63) is 16.1 Å². The fourth-order valence-corrected chi connectivity index (χ4v) is 2.21. The second-order valence-corrected chi connectivity index (χ2v) is 4.45. The van der Waals surface area contributed by atoms with Crippen LogP contribution in [0.25, 0.3) is 0 Å². The molecule has 0 unspecified atom stereocenters. The molecule has 0 bridgehead atoms. The van der Waals surface area contributed by atoms with E-state index in [-0.39, 0.29) is 11.2 Å². The van der Waals surface area contributed by atoms with Crippen molar-refractivity contribution in [2.45, 2.75) is 32.1 Å². The first-order valence-corrected chi connectivity index (χ1v) is 4.97. The van der Waals surface area contributed by atoms with Gasteiger partial charge in [0.25, 0.3) is 0 Å². The van der Waals surface area contributed by atoms with Crippen LogP contribution in [0, 0.1) is 6.92 Å². The lowest BCUT2D eigenvalue weighted by molar-refractivity contribution is -0.119. The van der Waals surface area contributed by atoms with E-state index in [1.165, 1.54) is 0 Å². The Bertz CT molecular complexity index is 325. The molecule has 0 aromatic carbocycles.